The molecule has 0 atom stereocenters. The minimum absolute atomic E-state index is 0.253. The molecule has 4 rings (SSSR count). The van der Waals surface area contributed by atoms with Gasteiger partial charge in [0.1, 0.15) is 5.82 Å². The summed E-state index contributed by atoms with van der Waals surface area (Å²) in [5, 5.41) is 4.58. The molecule has 0 bridgehead atoms. The summed E-state index contributed by atoms with van der Waals surface area (Å²) in [7, 11) is 1.62. The zero-order valence-electron chi connectivity index (χ0n) is 19.6. The number of rotatable bonds is 10. The molecule has 3 heterocycles. The summed E-state index contributed by atoms with van der Waals surface area (Å²) < 4.78 is 2.04. The van der Waals surface area contributed by atoms with Gasteiger partial charge in [-0.1, -0.05) is 24.3 Å². The lowest BCUT2D eigenvalue weighted by atomic mass is 9.90. The Hall–Kier alpha value is -3.33. The standard InChI is InChI=1S/C25H30BN6O2/c1-18-14-28-25(30-23(18)7-6-20-4-2-3-5-21(20)13-24(27)34)12-19-15-29-32(16-19)22-8-10-31(11-9-22)26-17-33/h2-5,14-17,22H,6-13H2,1H3,(H2,27,34). The van der Waals surface area contributed by atoms with Crippen molar-refractivity contribution in [2.45, 2.75) is 51.5 Å². The van der Waals surface area contributed by atoms with E-state index < -0.39 is 0 Å². The molecule has 2 N–H and O–H groups in total. The van der Waals surface area contributed by atoms with Gasteiger partial charge in [0.05, 0.1) is 24.8 Å². The molecule has 1 saturated heterocycles. The van der Waals surface area contributed by atoms with Crippen LogP contribution in [0.2, 0.25) is 0 Å². The number of benzene rings is 1. The van der Waals surface area contributed by atoms with Crippen LogP contribution < -0.4 is 5.73 Å². The van der Waals surface area contributed by atoms with E-state index in [1.54, 1.807) is 7.41 Å². The highest BCUT2D eigenvalue weighted by molar-refractivity contribution is 6.64. The highest BCUT2D eigenvalue weighted by Gasteiger charge is 2.21. The van der Waals surface area contributed by atoms with Crippen molar-refractivity contribution in [3.8, 4) is 0 Å². The molecule has 8 nitrogen and oxygen atoms in total. The van der Waals surface area contributed by atoms with Crippen LogP contribution in [0.5, 0.6) is 0 Å². The van der Waals surface area contributed by atoms with Gasteiger partial charge in [-0.15, -0.1) is 0 Å². The normalized spacial score (nSPS) is 14.7. The summed E-state index contributed by atoms with van der Waals surface area (Å²) >= 11 is 0. The molecule has 1 aliphatic rings. The Bertz CT molecular complexity index is 1140. The number of hydrogen-bond donors (Lipinski definition) is 1. The van der Waals surface area contributed by atoms with Crippen molar-refractivity contribution in [1.82, 2.24) is 24.6 Å². The lowest BCUT2D eigenvalue weighted by Crippen LogP contribution is -2.37. The number of nitrogens with two attached hydrogens (primary N) is 1. The minimum atomic E-state index is -0.321. The molecule has 0 spiro atoms. The van der Waals surface area contributed by atoms with Crippen LogP contribution in [-0.4, -0.2) is 57.2 Å². The zero-order chi connectivity index (χ0) is 23.9. The van der Waals surface area contributed by atoms with Gasteiger partial charge in [-0.05, 0) is 68.0 Å². The Morgan fingerprint density at radius 1 is 1.18 bits per heavy atom. The van der Waals surface area contributed by atoms with Gasteiger partial charge >= 0.3 is 0 Å². The zero-order valence-corrected chi connectivity index (χ0v) is 19.6. The molecular formula is C25H30BN6O2. The van der Waals surface area contributed by atoms with Gasteiger partial charge in [-0.2, -0.15) is 5.10 Å². The number of primary amides is 1. The second-order valence-corrected chi connectivity index (χ2v) is 8.89. The number of carbonyl (C=O) groups excluding carboxylic acids is 2. The molecule has 1 radical (unpaired) electrons. The van der Waals surface area contributed by atoms with Crippen LogP contribution in [-0.2, 0) is 35.3 Å². The third-order valence-electron chi connectivity index (χ3n) is 6.40. The monoisotopic (exact) mass is 457 g/mol. The molecule has 1 fully saturated rings. The van der Waals surface area contributed by atoms with E-state index in [0.717, 1.165) is 78.7 Å². The first-order valence-corrected chi connectivity index (χ1v) is 11.7. The van der Waals surface area contributed by atoms with Crippen LogP contribution in [0.15, 0.2) is 42.9 Å². The first-order valence-electron chi connectivity index (χ1n) is 11.7. The van der Waals surface area contributed by atoms with Crippen LogP contribution in [0, 0.1) is 6.92 Å². The molecule has 1 aliphatic heterocycles. The summed E-state index contributed by atoms with van der Waals surface area (Å²) in [4.78, 5) is 33.5. The van der Waals surface area contributed by atoms with Gasteiger partial charge in [-0.25, -0.2) is 9.97 Å². The second-order valence-electron chi connectivity index (χ2n) is 8.89. The SMILES string of the molecule is Cc1cnc(Cc2cnn(C3CCN([B]C=O)CC3)c2)nc1CCc1ccccc1CC(N)=O. The lowest BCUT2D eigenvalue weighted by Gasteiger charge is -2.30. The number of hydrogen-bond acceptors (Lipinski definition) is 6. The Balaban J connectivity index is 1.39. The first-order chi connectivity index (χ1) is 16.5. The van der Waals surface area contributed by atoms with Crippen molar-refractivity contribution in [3.05, 3.63) is 76.6 Å². The van der Waals surface area contributed by atoms with Gasteiger partial charge in [-0.3, -0.25) is 9.48 Å². The third kappa shape index (κ3) is 6.17. The molecule has 0 unspecified atom stereocenters. The van der Waals surface area contributed by atoms with Crippen LogP contribution in [0.3, 0.4) is 0 Å². The molecule has 2 aromatic heterocycles. The molecule has 1 aromatic carbocycles. The fourth-order valence-corrected chi connectivity index (χ4v) is 4.51. The van der Waals surface area contributed by atoms with Crippen molar-refractivity contribution in [1.29, 1.82) is 0 Å². The lowest BCUT2D eigenvalue weighted by molar-refractivity contribution is -0.117. The summed E-state index contributed by atoms with van der Waals surface area (Å²) in [6.07, 6.45) is 11.1. The molecule has 0 saturated carbocycles. The third-order valence-corrected chi connectivity index (χ3v) is 6.40. The summed E-state index contributed by atoms with van der Waals surface area (Å²) in [5.41, 5.74) is 10.7. The Kier molecular flexibility index (Phi) is 7.85. The Morgan fingerprint density at radius 3 is 2.68 bits per heavy atom. The fourth-order valence-electron chi connectivity index (χ4n) is 4.51. The van der Waals surface area contributed by atoms with Gasteiger partial charge < -0.3 is 15.3 Å². The summed E-state index contributed by atoms with van der Waals surface area (Å²) in [5.74, 6) is 0.458. The molecule has 34 heavy (non-hydrogen) atoms. The van der Waals surface area contributed by atoms with Crippen molar-refractivity contribution in [2.75, 3.05) is 13.1 Å². The minimum Gasteiger partial charge on any atom is -0.369 e. The topological polar surface area (TPSA) is 107 Å². The summed E-state index contributed by atoms with van der Waals surface area (Å²) in [6, 6.07) is 8.27. The van der Waals surface area contributed by atoms with E-state index >= 15 is 0 Å². The van der Waals surface area contributed by atoms with Crippen LogP contribution in [0.1, 0.15) is 52.7 Å². The van der Waals surface area contributed by atoms with Gasteiger partial charge in [0.2, 0.25) is 5.91 Å². The highest BCUT2D eigenvalue weighted by Crippen LogP contribution is 2.22. The van der Waals surface area contributed by atoms with Crippen LogP contribution in [0.4, 0.5) is 0 Å². The molecule has 0 aliphatic carbocycles. The van der Waals surface area contributed by atoms with E-state index in [-0.39, 0.29) is 12.3 Å². The fraction of sp³-hybridized carbons (Fsp3) is 0.400. The van der Waals surface area contributed by atoms with E-state index in [2.05, 4.69) is 21.1 Å². The van der Waals surface area contributed by atoms with Crippen LogP contribution in [0.25, 0.3) is 0 Å². The van der Waals surface area contributed by atoms with Crippen molar-refractivity contribution in [3.63, 3.8) is 0 Å². The largest absolute Gasteiger partial charge is 0.369 e. The van der Waals surface area contributed by atoms with E-state index in [1.807, 2.05) is 48.3 Å². The number of piperidine rings is 1. The molecule has 9 heteroatoms. The predicted octanol–water partition coefficient (Wildman–Crippen LogP) is 1.83. The molecule has 3 aromatic rings. The second kappa shape index (κ2) is 11.2. The quantitative estimate of drug-likeness (QED) is 0.368. The molecular weight excluding hydrogens is 427 g/mol. The molecule has 1 amide bonds. The predicted molar refractivity (Wildman–Crippen MR) is 131 cm³/mol. The van der Waals surface area contributed by atoms with E-state index in [9.17, 15) is 9.59 Å². The van der Waals surface area contributed by atoms with Gasteiger partial charge in [0.25, 0.3) is 7.41 Å². The van der Waals surface area contributed by atoms with Gasteiger partial charge in [0, 0.05) is 24.5 Å². The van der Waals surface area contributed by atoms with Crippen LogP contribution >= 0.6 is 0 Å². The average molecular weight is 457 g/mol. The maximum atomic E-state index is 11.4. The van der Waals surface area contributed by atoms with E-state index in [4.69, 9.17) is 10.7 Å². The smallest absolute Gasteiger partial charge is 0.293 e. The Morgan fingerprint density at radius 2 is 1.94 bits per heavy atom. The van der Waals surface area contributed by atoms with E-state index in [1.165, 1.54) is 0 Å². The number of amides is 1. The van der Waals surface area contributed by atoms with E-state index in [0.29, 0.717) is 12.5 Å². The Labute approximate surface area is 200 Å². The first kappa shape index (κ1) is 23.8. The molecule has 175 valence electrons. The van der Waals surface area contributed by atoms with Crippen molar-refractivity contribution >= 4 is 19.5 Å². The maximum absolute atomic E-state index is 11.4. The average Bonchev–Trinajstić information content (AvgIpc) is 3.29. The number of carbonyl (C=O) groups is 2. The number of nitrogens with zero attached hydrogens (tertiary/aromatic N) is 5. The number of aryl methyl sites for hydroxylation is 3. The number of aromatic nitrogens is 4. The van der Waals surface area contributed by atoms with Gasteiger partial charge in [0.15, 0.2) is 0 Å². The summed E-state index contributed by atoms with van der Waals surface area (Å²) in [6.45, 7) is 3.76. The van der Waals surface area contributed by atoms with Crippen molar-refractivity contribution < 1.29 is 9.59 Å². The maximum Gasteiger partial charge on any atom is 0.293 e. The van der Waals surface area contributed by atoms with Crippen molar-refractivity contribution in [2.24, 2.45) is 5.73 Å². The highest BCUT2D eigenvalue weighted by atomic mass is 16.1.